The lowest BCUT2D eigenvalue weighted by molar-refractivity contribution is 0.305. The zero-order chi connectivity index (χ0) is 12.4. The molecule has 0 saturated heterocycles. The minimum absolute atomic E-state index is 0.481. The van der Waals surface area contributed by atoms with Crippen LogP contribution in [0, 0.1) is 13.8 Å². The highest BCUT2D eigenvalue weighted by atomic mass is 79.9. The van der Waals surface area contributed by atoms with Crippen LogP contribution < -0.4 is 10.5 Å². The smallest absolute Gasteiger partial charge is 0.140 e. The van der Waals surface area contributed by atoms with Crippen molar-refractivity contribution in [2.75, 3.05) is 5.73 Å². The molecule has 0 spiro atoms. The summed E-state index contributed by atoms with van der Waals surface area (Å²) in [6, 6.07) is 5.53. The molecule has 0 fully saturated rings. The summed E-state index contributed by atoms with van der Waals surface area (Å²) >= 11 is 5.04. The number of anilines is 1. The molecule has 17 heavy (non-hydrogen) atoms. The number of nitrogens with two attached hydrogens (primary N) is 1. The Balaban J connectivity index is 2.07. The topological polar surface area (TPSA) is 48.1 Å². The molecule has 0 radical (unpaired) electrons. The van der Waals surface area contributed by atoms with Crippen LogP contribution in [0.2, 0.25) is 0 Å². The molecule has 0 bridgehead atoms. The quantitative estimate of drug-likeness (QED) is 0.879. The Hall–Kier alpha value is -1.07. The van der Waals surface area contributed by atoms with Crippen molar-refractivity contribution in [2.24, 2.45) is 0 Å². The fourth-order valence-corrected chi connectivity index (χ4v) is 2.75. The van der Waals surface area contributed by atoms with Crippen molar-refractivity contribution in [3.8, 4) is 5.75 Å². The molecule has 0 aliphatic heterocycles. The van der Waals surface area contributed by atoms with E-state index >= 15 is 0 Å². The van der Waals surface area contributed by atoms with Gasteiger partial charge in [-0.25, -0.2) is 4.98 Å². The largest absolute Gasteiger partial charge is 0.486 e. The zero-order valence-electron chi connectivity index (χ0n) is 9.66. The monoisotopic (exact) mass is 312 g/mol. The molecule has 90 valence electrons. The highest BCUT2D eigenvalue weighted by Crippen LogP contribution is 2.24. The van der Waals surface area contributed by atoms with Crippen LogP contribution in [0.4, 0.5) is 5.69 Å². The molecule has 2 aromatic rings. The van der Waals surface area contributed by atoms with Crippen LogP contribution in [-0.2, 0) is 6.61 Å². The van der Waals surface area contributed by atoms with Crippen molar-refractivity contribution in [1.29, 1.82) is 0 Å². The molecule has 2 rings (SSSR count). The van der Waals surface area contributed by atoms with Gasteiger partial charge in [0.25, 0.3) is 0 Å². The van der Waals surface area contributed by atoms with Crippen LogP contribution in [0.25, 0.3) is 0 Å². The van der Waals surface area contributed by atoms with Crippen LogP contribution >= 0.6 is 27.3 Å². The minimum atomic E-state index is 0.481. The number of aryl methyl sites for hydroxylation is 2. The van der Waals surface area contributed by atoms with E-state index in [0.717, 1.165) is 20.9 Å². The SMILES string of the molecule is Cc1nc(COc2cc(N)cc(Br)c2)sc1C. The lowest BCUT2D eigenvalue weighted by atomic mass is 10.3. The number of benzene rings is 1. The number of thiazole rings is 1. The molecule has 0 unspecified atom stereocenters. The standard InChI is InChI=1S/C12H13BrN2OS/c1-7-8(2)17-12(15-7)6-16-11-4-9(13)3-10(14)5-11/h3-5H,6,14H2,1-2H3. The van der Waals surface area contributed by atoms with E-state index in [-0.39, 0.29) is 0 Å². The first-order chi connectivity index (χ1) is 8.04. The molecule has 0 saturated carbocycles. The van der Waals surface area contributed by atoms with E-state index in [0.29, 0.717) is 12.3 Å². The fraction of sp³-hybridized carbons (Fsp3) is 0.250. The number of hydrogen-bond donors (Lipinski definition) is 1. The van der Waals surface area contributed by atoms with Crippen LogP contribution in [-0.4, -0.2) is 4.98 Å². The first kappa shape index (κ1) is 12.4. The summed E-state index contributed by atoms with van der Waals surface area (Å²) in [5.41, 5.74) is 7.49. The Bertz CT molecular complexity index is 500. The van der Waals surface area contributed by atoms with Gasteiger partial charge in [-0.2, -0.15) is 0 Å². The van der Waals surface area contributed by atoms with Crippen LogP contribution in [0.5, 0.6) is 5.75 Å². The normalized spacial score (nSPS) is 10.5. The second kappa shape index (κ2) is 5.06. The summed E-state index contributed by atoms with van der Waals surface area (Å²) in [6.45, 7) is 4.55. The summed E-state index contributed by atoms with van der Waals surface area (Å²) in [5.74, 6) is 0.752. The number of hydrogen-bond acceptors (Lipinski definition) is 4. The maximum absolute atomic E-state index is 5.73. The van der Waals surface area contributed by atoms with E-state index in [9.17, 15) is 0 Å². The van der Waals surface area contributed by atoms with Crippen molar-refractivity contribution in [1.82, 2.24) is 4.98 Å². The van der Waals surface area contributed by atoms with Gasteiger partial charge in [0.05, 0.1) is 5.69 Å². The third-order valence-corrected chi connectivity index (χ3v) is 3.83. The maximum atomic E-state index is 5.73. The molecule has 0 aliphatic rings. The van der Waals surface area contributed by atoms with Crippen molar-refractivity contribution in [2.45, 2.75) is 20.5 Å². The second-order valence-corrected chi connectivity index (χ2v) is 5.96. The third-order valence-electron chi connectivity index (χ3n) is 2.33. The van der Waals surface area contributed by atoms with Crippen LogP contribution in [0.1, 0.15) is 15.6 Å². The van der Waals surface area contributed by atoms with Gasteiger partial charge in [0.2, 0.25) is 0 Å². The first-order valence-electron chi connectivity index (χ1n) is 5.16. The predicted molar refractivity (Wildman–Crippen MR) is 74.5 cm³/mol. The molecule has 3 nitrogen and oxygen atoms in total. The Morgan fingerprint density at radius 3 is 2.71 bits per heavy atom. The lowest BCUT2D eigenvalue weighted by Crippen LogP contribution is -1.96. The second-order valence-electron chi connectivity index (χ2n) is 3.76. The van der Waals surface area contributed by atoms with E-state index < -0.39 is 0 Å². The highest BCUT2D eigenvalue weighted by molar-refractivity contribution is 9.10. The third kappa shape index (κ3) is 3.20. The average Bonchev–Trinajstić information content (AvgIpc) is 2.54. The molecule has 0 aliphatic carbocycles. The number of halogens is 1. The fourth-order valence-electron chi connectivity index (χ4n) is 1.41. The lowest BCUT2D eigenvalue weighted by Gasteiger charge is -2.05. The summed E-state index contributed by atoms with van der Waals surface area (Å²) in [7, 11) is 0. The van der Waals surface area contributed by atoms with Crippen molar-refractivity contribution in [3.05, 3.63) is 38.3 Å². The Morgan fingerprint density at radius 1 is 1.35 bits per heavy atom. The highest BCUT2D eigenvalue weighted by Gasteiger charge is 2.05. The summed E-state index contributed by atoms with van der Waals surface area (Å²) in [4.78, 5) is 5.65. The van der Waals surface area contributed by atoms with Gasteiger partial charge < -0.3 is 10.5 Å². The summed E-state index contributed by atoms with van der Waals surface area (Å²) < 4.78 is 6.58. The molecular formula is C12H13BrN2OS. The number of aromatic nitrogens is 1. The van der Waals surface area contributed by atoms with Gasteiger partial charge in [0.15, 0.2) is 0 Å². The van der Waals surface area contributed by atoms with E-state index in [1.807, 2.05) is 19.1 Å². The average molecular weight is 313 g/mol. The molecule has 0 amide bonds. The van der Waals surface area contributed by atoms with Crippen LogP contribution in [0.3, 0.4) is 0 Å². The number of rotatable bonds is 3. The van der Waals surface area contributed by atoms with Gasteiger partial charge in [-0.1, -0.05) is 15.9 Å². The van der Waals surface area contributed by atoms with E-state index in [1.165, 1.54) is 4.88 Å². The van der Waals surface area contributed by atoms with Gasteiger partial charge in [0, 0.05) is 21.1 Å². The molecule has 1 heterocycles. The first-order valence-corrected chi connectivity index (χ1v) is 6.77. The van der Waals surface area contributed by atoms with Gasteiger partial charge >= 0.3 is 0 Å². The summed E-state index contributed by atoms with van der Waals surface area (Å²) in [6.07, 6.45) is 0. The van der Waals surface area contributed by atoms with Crippen molar-refractivity contribution >= 4 is 33.0 Å². The van der Waals surface area contributed by atoms with E-state index in [2.05, 4.69) is 27.8 Å². The Morgan fingerprint density at radius 2 is 2.12 bits per heavy atom. The van der Waals surface area contributed by atoms with Gasteiger partial charge in [0.1, 0.15) is 17.4 Å². The van der Waals surface area contributed by atoms with Gasteiger partial charge in [-0.15, -0.1) is 11.3 Å². The molecule has 0 atom stereocenters. The van der Waals surface area contributed by atoms with Crippen molar-refractivity contribution in [3.63, 3.8) is 0 Å². The molecule has 5 heteroatoms. The Labute approximate surface area is 113 Å². The number of nitrogen functional groups attached to an aromatic ring is 1. The zero-order valence-corrected chi connectivity index (χ0v) is 12.1. The predicted octanol–water partition coefficient (Wildman–Crippen LogP) is 3.68. The molecular weight excluding hydrogens is 300 g/mol. The van der Waals surface area contributed by atoms with Gasteiger partial charge in [-0.05, 0) is 26.0 Å². The van der Waals surface area contributed by atoms with E-state index in [4.69, 9.17) is 10.5 Å². The van der Waals surface area contributed by atoms with E-state index in [1.54, 1.807) is 17.4 Å². The maximum Gasteiger partial charge on any atom is 0.140 e. The van der Waals surface area contributed by atoms with Crippen molar-refractivity contribution < 1.29 is 4.74 Å². The molecule has 2 N–H and O–H groups in total. The number of nitrogens with zero attached hydrogens (tertiary/aromatic N) is 1. The summed E-state index contributed by atoms with van der Waals surface area (Å²) in [5, 5.41) is 0.985. The van der Waals surface area contributed by atoms with Crippen LogP contribution in [0.15, 0.2) is 22.7 Å². The molecule has 1 aromatic carbocycles. The van der Waals surface area contributed by atoms with Gasteiger partial charge in [-0.3, -0.25) is 0 Å². The number of ether oxygens (including phenoxy) is 1. The minimum Gasteiger partial charge on any atom is -0.486 e. The Kier molecular flexibility index (Phi) is 3.69. The molecule has 1 aromatic heterocycles.